The van der Waals surface area contributed by atoms with Crippen LogP contribution in [-0.2, 0) is 20.8 Å². The van der Waals surface area contributed by atoms with Gasteiger partial charge in [0.25, 0.3) is 5.91 Å². The molecular formula is C38H46N8O5S. The molecule has 14 heteroatoms. The lowest BCUT2D eigenvalue weighted by atomic mass is 9.96. The molecule has 0 unspecified atom stereocenters. The van der Waals surface area contributed by atoms with Crippen molar-refractivity contribution in [3.8, 4) is 0 Å². The molecule has 4 aromatic rings. The summed E-state index contributed by atoms with van der Waals surface area (Å²) in [6, 6.07) is 19.0. The third-order valence-corrected chi connectivity index (χ3v) is 9.83. The van der Waals surface area contributed by atoms with Gasteiger partial charge >= 0.3 is 0 Å². The van der Waals surface area contributed by atoms with Gasteiger partial charge < -0.3 is 26.8 Å². The average Bonchev–Trinajstić information content (AvgIpc) is 3.11. The first kappa shape index (κ1) is 38.3. The van der Waals surface area contributed by atoms with Crippen LogP contribution in [0.5, 0.6) is 0 Å². The minimum atomic E-state index is -1.33. The normalized spacial score (nSPS) is 18.2. The van der Waals surface area contributed by atoms with Crippen molar-refractivity contribution in [3.05, 3.63) is 96.4 Å². The molecule has 6 N–H and O–H groups in total. The highest BCUT2D eigenvalue weighted by Crippen LogP contribution is 2.31. The van der Waals surface area contributed by atoms with Gasteiger partial charge in [0.2, 0.25) is 17.7 Å². The molecule has 0 spiro atoms. The Bertz CT molecular complexity index is 1840. The van der Waals surface area contributed by atoms with E-state index >= 15 is 0 Å². The fourth-order valence-electron chi connectivity index (χ4n) is 6.17. The summed E-state index contributed by atoms with van der Waals surface area (Å²) in [7, 11) is 0. The first-order valence-electron chi connectivity index (χ1n) is 17.3. The van der Waals surface area contributed by atoms with E-state index in [1.165, 1.54) is 11.8 Å². The molecule has 0 radical (unpaired) electrons. The third kappa shape index (κ3) is 11.0. The van der Waals surface area contributed by atoms with Gasteiger partial charge in [-0.15, -0.1) is 0 Å². The molecular weight excluding hydrogens is 681 g/mol. The summed E-state index contributed by atoms with van der Waals surface area (Å²) in [4.78, 5) is 67.9. The van der Waals surface area contributed by atoms with Gasteiger partial charge in [-0.3, -0.25) is 24.1 Å². The van der Waals surface area contributed by atoms with E-state index in [0.717, 1.165) is 17.4 Å². The lowest BCUT2D eigenvalue weighted by molar-refractivity contribution is -0.130. The van der Waals surface area contributed by atoms with Crippen molar-refractivity contribution in [3.63, 3.8) is 0 Å². The van der Waals surface area contributed by atoms with Gasteiger partial charge in [-0.1, -0.05) is 66.4 Å². The van der Waals surface area contributed by atoms with E-state index < -0.39 is 53.9 Å². The van der Waals surface area contributed by atoms with Crippen LogP contribution in [0.2, 0.25) is 0 Å². The molecule has 0 saturated carbocycles. The zero-order valence-corrected chi connectivity index (χ0v) is 30.4. The summed E-state index contributed by atoms with van der Waals surface area (Å²) in [5, 5.41) is 22.0. The number of primary amides is 1. The van der Waals surface area contributed by atoms with Crippen molar-refractivity contribution in [1.82, 2.24) is 35.8 Å². The number of benzene rings is 2. The summed E-state index contributed by atoms with van der Waals surface area (Å²) >= 11 is 1.53. The fraction of sp³-hybridized carbons (Fsp3) is 0.395. The first-order valence-corrected chi connectivity index (χ1v) is 18.2. The summed E-state index contributed by atoms with van der Waals surface area (Å²) < 4.78 is 0. The van der Waals surface area contributed by atoms with E-state index in [1.807, 2.05) is 68.1 Å². The Morgan fingerprint density at radius 1 is 0.962 bits per heavy atom. The van der Waals surface area contributed by atoms with Crippen molar-refractivity contribution in [2.24, 2.45) is 5.73 Å². The number of aromatic nitrogens is 3. The van der Waals surface area contributed by atoms with Crippen molar-refractivity contribution in [1.29, 1.82) is 0 Å². The number of carbonyl (C=O) groups excluding carboxylic acids is 4. The molecule has 5 rings (SSSR count). The molecule has 2 aromatic heterocycles. The topological polar surface area (TPSA) is 193 Å². The smallest absolute Gasteiger partial charge is 0.270 e. The number of aliphatic hydroxyl groups excluding tert-OH is 1. The number of thioether (sulfide) groups is 1. The number of para-hydroxylation sites is 1. The zero-order chi connectivity index (χ0) is 37.3. The van der Waals surface area contributed by atoms with Crippen molar-refractivity contribution < 1.29 is 24.3 Å². The van der Waals surface area contributed by atoms with Gasteiger partial charge in [0.05, 0.1) is 30.1 Å². The zero-order valence-electron chi connectivity index (χ0n) is 29.6. The van der Waals surface area contributed by atoms with E-state index in [1.54, 1.807) is 42.7 Å². The standard InChI is InChI=1S/C38H46N8O5S/c1-38(2,3)45-36(51)31-21-26(52-37-40-17-9-18-41-37)16-19-46(31)23-32(47)29(20-24-10-5-4-6-11-24)43-35(50)30(22-33(39)48)44-34(49)28-15-14-25-12-7-8-13-27(25)42-28/h4-15,17-18,26,29-32,47H,16,19-23H2,1-3H3,(H2,39,48)(H,43,50)(H,44,49)(H,45,51)/t26-,29+,30+,31+,32-/m1/s1. The highest BCUT2D eigenvalue weighted by atomic mass is 32.2. The van der Waals surface area contributed by atoms with Crippen molar-refractivity contribution in [2.75, 3.05) is 13.1 Å². The number of likely N-dealkylation sites (tertiary alicyclic amines) is 1. The van der Waals surface area contributed by atoms with Gasteiger partial charge in [0.15, 0.2) is 5.16 Å². The molecule has 1 aliphatic rings. The number of amides is 4. The van der Waals surface area contributed by atoms with Crippen LogP contribution in [0.3, 0.4) is 0 Å². The second kappa shape index (κ2) is 17.5. The number of piperidine rings is 1. The Kier molecular flexibility index (Phi) is 12.9. The summed E-state index contributed by atoms with van der Waals surface area (Å²) in [6.07, 6.45) is 3.24. The second-order valence-electron chi connectivity index (χ2n) is 14.0. The van der Waals surface area contributed by atoms with Crippen LogP contribution in [0.4, 0.5) is 0 Å². The number of rotatable bonds is 14. The number of β-amino-alcohol motifs (C(OH)–C–C–N with tert-alkyl or cyclic N) is 1. The number of carbonyl (C=O) groups is 4. The Balaban J connectivity index is 1.34. The largest absolute Gasteiger partial charge is 0.390 e. The van der Waals surface area contributed by atoms with Gasteiger partial charge in [0.1, 0.15) is 11.7 Å². The summed E-state index contributed by atoms with van der Waals surface area (Å²) in [5.41, 5.74) is 6.56. The number of nitrogens with zero attached hydrogens (tertiary/aromatic N) is 4. The number of hydrogen-bond donors (Lipinski definition) is 5. The van der Waals surface area contributed by atoms with Gasteiger partial charge in [-0.2, -0.15) is 0 Å². The highest BCUT2D eigenvalue weighted by molar-refractivity contribution is 7.99. The average molecular weight is 727 g/mol. The molecule has 52 heavy (non-hydrogen) atoms. The monoisotopic (exact) mass is 726 g/mol. The van der Waals surface area contributed by atoms with Crippen LogP contribution in [0.15, 0.2) is 90.3 Å². The van der Waals surface area contributed by atoms with Crippen LogP contribution >= 0.6 is 11.8 Å². The lowest BCUT2D eigenvalue weighted by Crippen LogP contribution is -2.60. The number of fused-ring (bicyclic) bond motifs is 1. The molecule has 13 nitrogen and oxygen atoms in total. The quantitative estimate of drug-likeness (QED) is 0.121. The predicted molar refractivity (Wildman–Crippen MR) is 199 cm³/mol. The van der Waals surface area contributed by atoms with Crippen LogP contribution < -0.4 is 21.7 Å². The maximum atomic E-state index is 13.8. The minimum Gasteiger partial charge on any atom is -0.390 e. The predicted octanol–water partition coefficient (Wildman–Crippen LogP) is 2.63. The number of aliphatic hydroxyl groups is 1. The van der Waals surface area contributed by atoms with E-state index in [9.17, 15) is 24.3 Å². The number of pyridine rings is 1. The van der Waals surface area contributed by atoms with E-state index in [-0.39, 0.29) is 29.8 Å². The molecule has 0 bridgehead atoms. The maximum absolute atomic E-state index is 13.8. The molecule has 1 aliphatic heterocycles. The second-order valence-corrected chi connectivity index (χ2v) is 15.3. The summed E-state index contributed by atoms with van der Waals surface area (Å²) in [5.74, 6) is -2.29. The SMILES string of the molecule is CC(C)(C)NC(=O)[C@@H]1C[C@H](Sc2ncccn2)CCN1C[C@@H](O)[C@H](Cc1ccccc1)NC(=O)[C@H](CC(N)=O)NC(=O)c1ccc2ccccc2n1. The van der Waals surface area contributed by atoms with Crippen molar-refractivity contribution >= 4 is 46.3 Å². The highest BCUT2D eigenvalue weighted by Gasteiger charge is 2.38. The van der Waals surface area contributed by atoms with E-state index in [4.69, 9.17) is 5.73 Å². The maximum Gasteiger partial charge on any atom is 0.270 e. The van der Waals surface area contributed by atoms with Crippen LogP contribution in [0, 0.1) is 0 Å². The Morgan fingerprint density at radius 2 is 1.67 bits per heavy atom. The molecule has 4 amide bonds. The minimum absolute atomic E-state index is 0.0709. The van der Waals surface area contributed by atoms with Gasteiger partial charge in [0, 0.05) is 41.7 Å². The number of nitrogens with two attached hydrogens (primary N) is 1. The Labute approximate surface area is 307 Å². The molecule has 5 atom stereocenters. The third-order valence-electron chi connectivity index (χ3n) is 8.65. The fourth-order valence-corrected chi connectivity index (χ4v) is 7.21. The lowest BCUT2D eigenvalue weighted by Gasteiger charge is -2.41. The molecule has 1 fully saturated rings. The van der Waals surface area contributed by atoms with E-state index in [2.05, 4.69) is 30.9 Å². The van der Waals surface area contributed by atoms with Gasteiger partial charge in [-0.25, -0.2) is 15.0 Å². The summed E-state index contributed by atoms with van der Waals surface area (Å²) in [6.45, 7) is 6.33. The molecule has 2 aromatic carbocycles. The van der Waals surface area contributed by atoms with Crippen LogP contribution in [0.25, 0.3) is 10.9 Å². The van der Waals surface area contributed by atoms with E-state index in [0.29, 0.717) is 23.6 Å². The first-order chi connectivity index (χ1) is 24.8. The van der Waals surface area contributed by atoms with Crippen molar-refractivity contribution in [2.45, 2.75) is 86.6 Å². The van der Waals surface area contributed by atoms with Crippen LogP contribution in [0.1, 0.15) is 56.1 Å². The number of hydrogen-bond acceptors (Lipinski definition) is 10. The molecule has 0 aliphatic carbocycles. The van der Waals surface area contributed by atoms with Gasteiger partial charge in [-0.05, 0) is 63.8 Å². The Morgan fingerprint density at radius 3 is 2.38 bits per heavy atom. The number of nitrogens with one attached hydrogen (secondary N) is 3. The molecule has 274 valence electrons. The Hall–Kier alpha value is -4.92. The molecule has 1 saturated heterocycles. The van der Waals surface area contributed by atoms with Crippen LogP contribution in [-0.4, -0.2) is 96.7 Å². The molecule has 3 heterocycles.